The maximum Gasteiger partial charge on any atom is 0.203 e. The van der Waals surface area contributed by atoms with Crippen molar-refractivity contribution in [1.82, 2.24) is 4.98 Å². The van der Waals surface area contributed by atoms with Crippen molar-refractivity contribution in [3.05, 3.63) is 83.6 Å². The number of aromatic amines is 1. The number of benzene rings is 3. The van der Waals surface area contributed by atoms with E-state index < -0.39 is 6.04 Å². The molecule has 1 atom stereocenters. The molecule has 6 nitrogen and oxygen atoms in total. The molecule has 0 saturated carbocycles. The molecule has 1 heterocycles. The number of hydrogen-bond donors (Lipinski definition) is 2. The van der Waals surface area contributed by atoms with Crippen LogP contribution in [0.5, 0.6) is 17.2 Å². The summed E-state index contributed by atoms with van der Waals surface area (Å²) in [6, 6.07) is 18.7. The number of anilines is 1. The molecule has 170 valence electrons. The van der Waals surface area contributed by atoms with Crippen LogP contribution in [0.25, 0.3) is 10.9 Å². The number of ether oxygens (including phenoxy) is 3. The van der Waals surface area contributed by atoms with E-state index in [0.29, 0.717) is 28.5 Å². The minimum absolute atomic E-state index is 0.0329. The lowest BCUT2D eigenvalue weighted by Crippen LogP contribution is -2.21. The minimum Gasteiger partial charge on any atom is -0.493 e. The normalized spacial score (nSPS) is 11.8. The molecular weight excluding hydrogens is 416 g/mol. The Morgan fingerprint density at radius 2 is 1.64 bits per heavy atom. The van der Waals surface area contributed by atoms with Gasteiger partial charge in [0.05, 0.1) is 21.3 Å². The van der Waals surface area contributed by atoms with Gasteiger partial charge >= 0.3 is 0 Å². The zero-order valence-corrected chi connectivity index (χ0v) is 19.3. The molecule has 0 amide bonds. The molecular formula is C27H28N2O4. The van der Waals surface area contributed by atoms with E-state index in [4.69, 9.17) is 14.2 Å². The SMILES string of the molecule is CCc1cccc2c(C(=O)C(Nc3cc(OC)c(OC)c(OC)c3)c3ccccc3)c[nH]c12. The number of rotatable bonds is 9. The van der Waals surface area contributed by atoms with Gasteiger partial charge in [-0.25, -0.2) is 0 Å². The molecule has 0 spiro atoms. The summed E-state index contributed by atoms with van der Waals surface area (Å²) >= 11 is 0. The number of ketones is 1. The van der Waals surface area contributed by atoms with Crippen LogP contribution in [0.3, 0.4) is 0 Å². The van der Waals surface area contributed by atoms with Crippen LogP contribution in [0.2, 0.25) is 0 Å². The molecule has 0 aliphatic heterocycles. The van der Waals surface area contributed by atoms with Gasteiger partial charge in [0.1, 0.15) is 6.04 Å². The summed E-state index contributed by atoms with van der Waals surface area (Å²) in [4.78, 5) is 17.2. The first-order chi connectivity index (χ1) is 16.1. The van der Waals surface area contributed by atoms with E-state index in [1.807, 2.05) is 42.5 Å². The van der Waals surface area contributed by atoms with Crippen molar-refractivity contribution >= 4 is 22.4 Å². The second kappa shape index (κ2) is 9.69. The highest BCUT2D eigenvalue weighted by atomic mass is 16.5. The van der Waals surface area contributed by atoms with Gasteiger partial charge < -0.3 is 24.5 Å². The van der Waals surface area contributed by atoms with Gasteiger partial charge in [-0.1, -0.05) is 55.5 Å². The third-order valence-corrected chi connectivity index (χ3v) is 5.82. The van der Waals surface area contributed by atoms with Crippen LogP contribution in [0, 0.1) is 0 Å². The van der Waals surface area contributed by atoms with Crippen molar-refractivity contribution in [2.24, 2.45) is 0 Å². The number of aromatic nitrogens is 1. The van der Waals surface area contributed by atoms with Gasteiger partial charge in [-0.15, -0.1) is 0 Å². The Hall–Kier alpha value is -3.93. The second-order valence-corrected chi connectivity index (χ2v) is 7.66. The summed E-state index contributed by atoms with van der Waals surface area (Å²) in [5, 5.41) is 4.32. The maximum absolute atomic E-state index is 13.9. The molecule has 4 aromatic rings. The fourth-order valence-corrected chi connectivity index (χ4v) is 4.15. The number of Topliss-reactive ketones (excluding diaryl/α,β-unsaturated/α-hetero) is 1. The van der Waals surface area contributed by atoms with Gasteiger partial charge in [0.25, 0.3) is 0 Å². The van der Waals surface area contributed by atoms with Crippen molar-refractivity contribution in [3.8, 4) is 17.2 Å². The smallest absolute Gasteiger partial charge is 0.203 e. The van der Waals surface area contributed by atoms with Crippen molar-refractivity contribution in [1.29, 1.82) is 0 Å². The monoisotopic (exact) mass is 444 g/mol. The average Bonchev–Trinajstić information content (AvgIpc) is 3.31. The van der Waals surface area contributed by atoms with Gasteiger partial charge in [-0.3, -0.25) is 4.79 Å². The van der Waals surface area contributed by atoms with E-state index in [0.717, 1.165) is 22.9 Å². The average molecular weight is 445 g/mol. The van der Waals surface area contributed by atoms with Crippen molar-refractivity contribution < 1.29 is 19.0 Å². The molecule has 0 saturated heterocycles. The van der Waals surface area contributed by atoms with Crippen molar-refractivity contribution in [2.45, 2.75) is 19.4 Å². The molecule has 0 aliphatic rings. The third-order valence-electron chi connectivity index (χ3n) is 5.82. The van der Waals surface area contributed by atoms with Crippen LogP contribution in [0.15, 0.2) is 66.9 Å². The van der Waals surface area contributed by atoms with Gasteiger partial charge in [0.15, 0.2) is 17.3 Å². The van der Waals surface area contributed by atoms with E-state index in [1.165, 1.54) is 5.56 Å². The fourth-order valence-electron chi connectivity index (χ4n) is 4.15. The lowest BCUT2D eigenvalue weighted by Gasteiger charge is -2.21. The number of nitrogens with one attached hydrogen (secondary N) is 2. The van der Waals surface area contributed by atoms with E-state index in [-0.39, 0.29) is 5.78 Å². The summed E-state index contributed by atoms with van der Waals surface area (Å²) in [5.74, 6) is 1.49. The minimum atomic E-state index is -0.613. The Bertz CT molecular complexity index is 1240. The van der Waals surface area contributed by atoms with Crippen LogP contribution in [-0.4, -0.2) is 32.1 Å². The number of fused-ring (bicyclic) bond motifs is 1. The Morgan fingerprint density at radius 1 is 0.939 bits per heavy atom. The molecule has 33 heavy (non-hydrogen) atoms. The molecule has 1 aromatic heterocycles. The third kappa shape index (κ3) is 4.24. The summed E-state index contributed by atoms with van der Waals surface area (Å²) in [7, 11) is 4.70. The highest BCUT2D eigenvalue weighted by molar-refractivity contribution is 6.12. The van der Waals surface area contributed by atoms with Crippen molar-refractivity contribution in [3.63, 3.8) is 0 Å². The molecule has 4 rings (SSSR count). The Balaban J connectivity index is 1.79. The number of methoxy groups -OCH3 is 3. The Kier molecular flexibility index (Phi) is 6.54. The highest BCUT2D eigenvalue weighted by Gasteiger charge is 2.26. The predicted octanol–water partition coefficient (Wildman–Crippen LogP) is 5.79. The number of hydrogen-bond acceptors (Lipinski definition) is 5. The summed E-state index contributed by atoms with van der Waals surface area (Å²) in [5.41, 5.74) is 4.37. The van der Waals surface area contributed by atoms with E-state index in [1.54, 1.807) is 39.7 Å². The topological polar surface area (TPSA) is 72.6 Å². The van der Waals surface area contributed by atoms with Crippen LogP contribution >= 0.6 is 0 Å². The summed E-state index contributed by atoms with van der Waals surface area (Å²) < 4.78 is 16.4. The van der Waals surface area contributed by atoms with Crippen LogP contribution in [0.4, 0.5) is 5.69 Å². The molecule has 1 unspecified atom stereocenters. The molecule has 0 radical (unpaired) electrons. The van der Waals surface area contributed by atoms with Gasteiger partial charge in [0, 0.05) is 40.5 Å². The van der Waals surface area contributed by atoms with Crippen LogP contribution in [-0.2, 0) is 6.42 Å². The molecule has 0 bridgehead atoms. The molecule has 2 N–H and O–H groups in total. The lowest BCUT2D eigenvalue weighted by molar-refractivity contribution is 0.0971. The molecule has 0 fully saturated rings. The fraction of sp³-hybridized carbons (Fsp3) is 0.222. The number of carbonyl (C=O) groups excluding carboxylic acids is 1. The number of H-pyrrole nitrogens is 1. The molecule has 0 aliphatic carbocycles. The van der Waals surface area contributed by atoms with Crippen LogP contribution in [0.1, 0.15) is 34.5 Å². The summed E-state index contributed by atoms with van der Waals surface area (Å²) in [6.45, 7) is 2.11. The first kappa shape index (κ1) is 22.3. The predicted molar refractivity (Wildman–Crippen MR) is 131 cm³/mol. The van der Waals surface area contributed by atoms with Gasteiger partial charge in [0.2, 0.25) is 5.75 Å². The Labute approximate surface area is 193 Å². The maximum atomic E-state index is 13.9. The quantitative estimate of drug-likeness (QED) is 0.320. The zero-order chi connectivity index (χ0) is 23.4. The molecule has 3 aromatic carbocycles. The van der Waals surface area contributed by atoms with E-state index in [9.17, 15) is 4.79 Å². The van der Waals surface area contributed by atoms with Gasteiger partial charge in [-0.05, 0) is 17.5 Å². The summed E-state index contributed by atoms with van der Waals surface area (Å²) in [6.07, 6.45) is 2.69. The van der Waals surface area contributed by atoms with E-state index in [2.05, 4.69) is 23.3 Å². The lowest BCUT2D eigenvalue weighted by atomic mass is 9.96. The number of aryl methyl sites for hydroxylation is 1. The number of para-hydroxylation sites is 1. The van der Waals surface area contributed by atoms with Crippen molar-refractivity contribution in [2.75, 3.05) is 26.6 Å². The zero-order valence-electron chi connectivity index (χ0n) is 19.3. The highest BCUT2D eigenvalue weighted by Crippen LogP contribution is 2.41. The first-order valence-electron chi connectivity index (χ1n) is 10.9. The largest absolute Gasteiger partial charge is 0.493 e. The van der Waals surface area contributed by atoms with Crippen LogP contribution < -0.4 is 19.5 Å². The standard InChI is InChI=1S/C27H28N2O4/c1-5-17-12-9-13-20-21(16-28-24(17)20)26(30)25(18-10-7-6-8-11-18)29-19-14-22(31-2)27(33-4)23(15-19)32-3/h6-16,25,28-29H,5H2,1-4H3. The van der Waals surface area contributed by atoms with E-state index >= 15 is 0 Å². The first-order valence-corrected chi connectivity index (χ1v) is 10.9. The number of carbonyl (C=O) groups is 1. The second-order valence-electron chi connectivity index (χ2n) is 7.66. The Morgan fingerprint density at radius 3 is 2.24 bits per heavy atom. The van der Waals surface area contributed by atoms with Gasteiger partial charge in [-0.2, -0.15) is 0 Å². The molecule has 6 heteroatoms.